The quantitative estimate of drug-likeness (QED) is 0.608. The second-order valence-corrected chi connectivity index (χ2v) is 7.57. The molecule has 3 amide bonds. The summed E-state index contributed by atoms with van der Waals surface area (Å²) in [6, 6.07) is 11.4. The highest BCUT2D eigenvalue weighted by Crippen LogP contribution is 2.27. The summed E-state index contributed by atoms with van der Waals surface area (Å²) in [5.41, 5.74) is 5.68. The van der Waals surface area contributed by atoms with Crippen molar-refractivity contribution in [3.05, 3.63) is 53.6 Å². The fourth-order valence-corrected chi connectivity index (χ4v) is 2.53. The third-order valence-corrected chi connectivity index (χ3v) is 3.93. The summed E-state index contributed by atoms with van der Waals surface area (Å²) in [4.78, 5) is 36.2. The summed E-state index contributed by atoms with van der Waals surface area (Å²) in [5, 5.41) is 2.62. The molecule has 0 saturated carbocycles. The molecule has 0 atom stereocenters. The van der Waals surface area contributed by atoms with E-state index < -0.39 is 23.5 Å². The number of hydrogen-bond acceptors (Lipinski definition) is 6. The largest absolute Gasteiger partial charge is 0.493 e. The molecule has 9 heteroatoms. The zero-order valence-corrected chi connectivity index (χ0v) is 18.2. The molecule has 166 valence electrons. The van der Waals surface area contributed by atoms with Crippen LogP contribution >= 0.6 is 0 Å². The van der Waals surface area contributed by atoms with E-state index in [0.29, 0.717) is 28.3 Å². The number of rotatable bonds is 6. The Labute approximate surface area is 181 Å². The van der Waals surface area contributed by atoms with Gasteiger partial charge in [-0.2, -0.15) is 0 Å². The van der Waals surface area contributed by atoms with Crippen LogP contribution in [0.4, 0.5) is 10.5 Å². The fraction of sp³-hybridized carbons (Fsp3) is 0.318. The maximum Gasteiger partial charge on any atom is 0.412 e. The van der Waals surface area contributed by atoms with Gasteiger partial charge in [-0.1, -0.05) is 12.1 Å². The number of amides is 3. The molecule has 0 aliphatic heterocycles. The molecule has 2 rings (SSSR count). The number of ether oxygens (including phenoxy) is 3. The van der Waals surface area contributed by atoms with Gasteiger partial charge in [0.2, 0.25) is 5.91 Å². The molecule has 9 nitrogen and oxygen atoms in total. The topological polar surface area (TPSA) is 115 Å². The van der Waals surface area contributed by atoms with Crippen LogP contribution < -0.4 is 25.6 Å². The lowest BCUT2D eigenvalue weighted by Crippen LogP contribution is -2.42. The number of nitrogens with one attached hydrogen (secondary N) is 3. The van der Waals surface area contributed by atoms with Crippen molar-refractivity contribution in [3.63, 3.8) is 0 Å². The molecule has 0 aliphatic carbocycles. The average Bonchev–Trinajstić information content (AvgIpc) is 2.71. The van der Waals surface area contributed by atoms with Crippen molar-refractivity contribution >= 4 is 23.6 Å². The Morgan fingerprint density at radius 1 is 0.871 bits per heavy atom. The van der Waals surface area contributed by atoms with Crippen molar-refractivity contribution in [2.75, 3.05) is 19.5 Å². The molecule has 0 unspecified atom stereocenters. The van der Waals surface area contributed by atoms with E-state index in [9.17, 15) is 14.4 Å². The van der Waals surface area contributed by atoms with Crippen LogP contribution in [0.2, 0.25) is 0 Å². The van der Waals surface area contributed by atoms with Gasteiger partial charge in [-0.25, -0.2) is 4.79 Å². The number of hydrazine groups is 1. The molecule has 0 spiro atoms. The lowest BCUT2D eigenvalue weighted by molar-refractivity contribution is -0.121. The minimum Gasteiger partial charge on any atom is -0.493 e. The van der Waals surface area contributed by atoms with E-state index in [4.69, 9.17) is 14.2 Å². The first-order valence-corrected chi connectivity index (χ1v) is 9.51. The van der Waals surface area contributed by atoms with E-state index >= 15 is 0 Å². The van der Waals surface area contributed by atoms with Crippen LogP contribution in [0, 0.1) is 0 Å². The van der Waals surface area contributed by atoms with Gasteiger partial charge in [-0.05, 0) is 56.7 Å². The van der Waals surface area contributed by atoms with Crippen LogP contribution in [0.25, 0.3) is 0 Å². The van der Waals surface area contributed by atoms with Crippen LogP contribution in [0.1, 0.15) is 36.7 Å². The molecule has 0 fully saturated rings. The summed E-state index contributed by atoms with van der Waals surface area (Å²) >= 11 is 0. The first kappa shape index (κ1) is 23.5. The summed E-state index contributed by atoms with van der Waals surface area (Å²) in [7, 11) is 2.97. The third-order valence-electron chi connectivity index (χ3n) is 3.93. The average molecular weight is 429 g/mol. The highest BCUT2D eigenvalue weighted by Gasteiger charge is 2.16. The summed E-state index contributed by atoms with van der Waals surface area (Å²) in [5.74, 6) is 0.00198. The minimum absolute atomic E-state index is 0.0406. The molecule has 31 heavy (non-hydrogen) atoms. The van der Waals surface area contributed by atoms with Gasteiger partial charge in [0.1, 0.15) is 5.60 Å². The van der Waals surface area contributed by atoms with Gasteiger partial charge in [0.15, 0.2) is 11.5 Å². The van der Waals surface area contributed by atoms with E-state index in [1.165, 1.54) is 20.3 Å². The molecular weight excluding hydrogens is 402 g/mol. The molecule has 0 bridgehead atoms. The Morgan fingerprint density at radius 3 is 2.10 bits per heavy atom. The highest BCUT2D eigenvalue weighted by molar-refractivity contribution is 5.96. The predicted molar refractivity (Wildman–Crippen MR) is 115 cm³/mol. The number of carbonyl (C=O) groups is 3. The van der Waals surface area contributed by atoms with Crippen LogP contribution in [0.5, 0.6) is 11.5 Å². The third kappa shape index (κ3) is 7.54. The molecule has 2 aromatic carbocycles. The van der Waals surface area contributed by atoms with E-state index in [1.54, 1.807) is 57.2 Å². The molecular formula is C22H27N3O6. The van der Waals surface area contributed by atoms with Gasteiger partial charge >= 0.3 is 6.09 Å². The molecule has 0 saturated heterocycles. The lowest BCUT2D eigenvalue weighted by Gasteiger charge is -2.19. The number of hydrogen-bond donors (Lipinski definition) is 3. The number of carbonyl (C=O) groups excluding carboxylic acids is 3. The van der Waals surface area contributed by atoms with Gasteiger partial charge in [0, 0.05) is 11.3 Å². The zero-order chi connectivity index (χ0) is 23.0. The highest BCUT2D eigenvalue weighted by atomic mass is 16.6. The summed E-state index contributed by atoms with van der Waals surface area (Å²) < 4.78 is 15.5. The second kappa shape index (κ2) is 10.3. The van der Waals surface area contributed by atoms with Gasteiger partial charge in [0.05, 0.1) is 20.6 Å². The molecule has 2 aromatic rings. The maximum absolute atomic E-state index is 12.2. The zero-order valence-electron chi connectivity index (χ0n) is 18.2. The van der Waals surface area contributed by atoms with Gasteiger partial charge in [-0.3, -0.25) is 25.8 Å². The van der Waals surface area contributed by atoms with Crippen LogP contribution in [-0.4, -0.2) is 37.7 Å². The van der Waals surface area contributed by atoms with Gasteiger partial charge in [-0.15, -0.1) is 0 Å². The van der Waals surface area contributed by atoms with Crippen molar-refractivity contribution in [3.8, 4) is 11.5 Å². The van der Waals surface area contributed by atoms with Crippen molar-refractivity contribution in [1.82, 2.24) is 10.9 Å². The lowest BCUT2D eigenvalue weighted by atomic mass is 10.1. The van der Waals surface area contributed by atoms with E-state index in [-0.39, 0.29) is 6.42 Å². The number of anilines is 1. The second-order valence-electron chi connectivity index (χ2n) is 7.57. The fourth-order valence-electron chi connectivity index (χ4n) is 2.53. The Hall–Kier alpha value is -3.75. The maximum atomic E-state index is 12.2. The Balaban J connectivity index is 1.86. The van der Waals surface area contributed by atoms with Crippen molar-refractivity contribution in [1.29, 1.82) is 0 Å². The predicted octanol–water partition coefficient (Wildman–Crippen LogP) is 3.05. The van der Waals surface area contributed by atoms with Crippen LogP contribution in [0.15, 0.2) is 42.5 Å². The SMILES string of the molecule is COc1ccc(C(=O)NNC(=O)Cc2ccc(NC(=O)OC(C)(C)C)cc2)cc1OC. The Bertz CT molecular complexity index is 935. The molecule has 0 aromatic heterocycles. The molecule has 0 heterocycles. The monoisotopic (exact) mass is 429 g/mol. The van der Waals surface area contributed by atoms with E-state index in [2.05, 4.69) is 16.2 Å². The first-order chi connectivity index (χ1) is 14.6. The van der Waals surface area contributed by atoms with Gasteiger partial charge in [0.25, 0.3) is 5.91 Å². The van der Waals surface area contributed by atoms with Crippen molar-refractivity contribution < 1.29 is 28.6 Å². The smallest absolute Gasteiger partial charge is 0.412 e. The summed E-state index contributed by atoms with van der Waals surface area (Å²) in [6.45, 7) is 5.33. The number of benzene rings is 2. The first-order valence-electron chi connectivity index (χ1n) is 9.51. The van der Waals surface area contributed by atoms with Crippen LogP contribution in [-0.2, 0) is 16.0 Å². The van der Waals surface area contributed by atoms with Gasteiger partial charge < -0.3 is 14.2 Å². The Kier molecular flexibility index (Phi) is 7.84. The molecule has 0 radical (unpaired) electrons. The van der Waals surface area contributed by atoms with Crippen molar-refractivity contribution in [2.24, 2.45) is 0 Å². The van der Waals surface area contributed by atoms with E-state index in [0.717, 1.165) is 0 Å². The number of methoxy groups -OCH3 is 2. The Morgan fingerprint density at radius 2 is 1.52 bits per heavy atom. The van der Waals surface area contributed by atoms with E-state index in [1.807, 2.05) is 0 Å². The minimum atomic E-state index is -0.594. The van der Waals surface area contributed by atoms with Crippen molar-refractivity contribution in [2.45, 2.75) is 32.8 Å². The normalized spacial score (nSPS) is 10.6. The molecule has 0 aliphatic rings. The standard InChI is InChI=1S/C22H27N3O6/c1-22(2,3)31-21(28)23-16-9-6-14(7-10-16)12-19(26)24-25-20(27)15-8-11-17(29-4)18(13-15)30-5/h6-11,13H,12H2,1-5H3,(H,23,28)(H,24,26)(H,25,27). The summed E-state index contributed by atoms with van der Waals surface area (Å²) in [6.07, 6.45) is -0.519. The van der Waals surface area contributed by atoms with Crippen LogP contribution in [0.3, 0.4) is 0 Å². The molecule has 3 N–H and O–H groups in total.